The highest BCUT2D eigenvalue weighted by Gasteiger charge is 2.21. The Morgan fingerprint density at radius 2 is 0.842 bits per heavy atom. The van der Waals surface area contributed by atoms with Crippen LogP contribution in [0.15, 0.2) is 189 Å². The van der Waals surface area contributed by atoms with Gasteiger partial charge >= 0.3 is 0 Å². The molecule has 0 amide bonds. The SMILES string of the molecule is c1ccc(-c2nc(-c3ccccc3)nc(-c3cccc4oc5cc(-c6cc(-c7cccc8c7oc7ccccc78)c7oc8ccccc8c7c6)ccc5c34)n2)cc1. The van der Waals surface area contributed by atoms with Gasteiger partial charge in [0.05, 0.1) is 0 Å². The molecular weight excluding hydrogens is 703 g/mol. The molecule has 8 aromatic carbocycles. The molecule has 4 aromatic heterocycles. The zero-order valence-electron chi connectivity index (χ0n) is 30.3. The van der Waals surface area contributed by atoms with Crippen LogP contribution in [0.1, 0.15) is 0 Å². The third kappa shape index (κ3) is 5.01. The van der Waals surface area contributed by atoms with Crippen molar-refractivity contribution in [2.75, 3.05) is 0 Å². The lowest BCUT2D eigenvalue weighted by Crippen LogP contribution is -2.00. The van der Waals surface area contributed by atoms with Crippen LogP contribution in [-0.4, -0.2) is 15.0 Å². The number of aromatic nitrogens is 3. The number of hydrogen-bond donors (Lipinski definition) is 0. The van der Waals surface area contributed by atoms with Crippen LogP contribution in [0.3, 0.4) is 0 Å². The predicted molar refractivity (Wildman–Crippen MR) is 229 cm³/mol. The molecule has 0 aliphatic heterocycles. The standard InChI is InChI=1S/C51H29N3O3/c1-3-13-30(14-4-1)49-52-50(31-15-5-2-6-16-31)54-51(53-49)39-21-12-24-44-46(39)38-26-25-32(29-45(38)55-44)33-27-40-35-18-8-10-23-43(35)57-48(40)41(28-33)37-20-11-19-36-34-17-7-9-22-42(34)56-47(36)37/h1-29H. The van der Waals surface area contributed by atoms with E-state index in [2.05, 4.69) is 72.8 Å². The van der Waals surface area contributed by atoms with Crippen molar-refractivity contribution in [1.82, 2.24) is 15.0 Å². The average molecular weight is 732 g/mol. The molecule has 6 heteroatoms. The van der Waals surface area contributed by atoms with E-state index in [4.69, 9.17) is 28.2 Å². The molecule has 12 aromatic rings. The molecule has 0 radical (unpaired) electrons. The van der Waals surface area contributed by atoms with Gasteiger partial charge in [-0.1, -0.05) is 133 Å². The van der Waals surface area contributed by atoms with E-state index >= 15 is 0 Å². The van der Waals surface area contributed by atoms with Crippen molar-refractivity contribution >= 4 is 65.8 Å². The van der Waals surface area contributed by atoms with Crippen molar-refractivity contribution in [3.05, 3.63) is 176 Å². The minimum atomic E-state index is 0.585. The maximum atomic E-state index is 6.65. The van der Waals surface area contributed by atoms with Gasteiger partial charge in [-0.15, -0.1) is 0 Å². The zero-order valence-corrected chi connectivity index (χ0v) is 30.3. The molecule has 0 saturated heterocycles. The average Bonchev–Trinajstić information content (AvgIpc) is 3.98. The fourth-order valence-corrected chi connectivity index (χ4v) is 8.27. The lowest BCUT2D eigenvalue weighted by atomic mass is 9.94. The number of benzene rings is 8. The third-order valence-electron chi connectivity index (χ3n) is 10.9. The fraction of sp³-hybridized carbons (Fsp3) is 0. The molecule has 0 fully saturated rings. The number of hydrogen-bond acceptors (Lipinski definition) is 6. The molecule has 0 N–H and O–H groups in total. The van der Waals surface area contributed by atoms with E-state index < -0.39 is 0 Å². The van der Waals surface area contributed by atoms with E-state index in [1.54, 1.807) is 0 Å². The Labute approximate surface area is 325 Å². The van der Waals surface area contributed by atoms with Gasteiger partial charge in [-0.05, 0) is 53.6 Å². The smallest absolute Gasteiger partial charge is 0.164 e. The molecule has 0 unspecified atom stereocenters. The zero-order chi connectivity index (χ0) is 37.5. The number of furan rings is 3. The Bertz CT molecular complexity index is 3470. The van der Waals surface area contributed by atoms with Crippen molar-refractivity contribution in [2.24, 2.45) is 0 Å². The summed E-state index contributed by atoms with van der Waals surface area (Å²) in [6, 6.07) is 59.7. The van der Waals surface area contributed by atoms with Crippen LogP contribution in [-0.2, 0) is 0 Å². The minimum absolute atomic E-state index is 0.585. The Kier molecular flexibility index (Phi) is 6.83. The van der Waals surface area contributed by atoms with Crippen LogP contribution >= 0.6 is 0 Å². The van der Waals surface area contributed by atoms with Crippen molar-refractivity contribution in [2.45, 2.75) is 0 Å². The highest BCUT2D eigenvalue weighted by Crippen LogP contribution is 2.44. The van der Waals surface area contributed by atoms with E-state index in [0.717, 1.165) is 105 Å². The summed E-state index contributed by atoms with van der Waals surface area (Å²) in [5.74, 6) is 1.81. The molecule has 4 heterocycles. The lowest BCUT2D eigenvalue weighted by molar-refractivity contribution is 0.665. The Balaban J connectivity index is 1.05. The van der Waals surface area contributed by atoms with E-state index in [9.17, 15) is 0 Å². The molecule has 12 rings (SSSR count). The molecule has 0 spiro atoms. The summed E-state index contributed by atoms with van der Waals surface area (Å²) < 4.78 is 19.8. The van der Waals surface area contributed by atoms with Crippen molar-refractivity contribution in [3.63, 3.8) is 0 Å². The largest absolute Gasteiger partial charge is 0.456 e. The Morgan fingerprint density at radius 3 is 1.56 bits per heavy atom. The molecular formula is C51H29N3O3. The summed E-state index contributed by atoms with van der Waals surface area (Å²) in [6.07, 6.45) is 0. The predicted octanol–water partition coefficient (Wildman–Crippen LogP) is 13.9. The normalized spacial score (nSPS) is 11.9. The van der Waals surface area contributed by atoms with Gasteiger partial charge in [-0.25, -0.2) is 15.0 Å². The van der Waals surface area contributed by atoms with Gasteiger partial charge in [0.25, 0.3) is 0 Å². The maximum absolute atomic E-state index is 6.65. The minimum Gasteiger partial charge on any atom is -0.456 e. The van der Waals surface area contributed by atoms with Gasteiger partial charge in [0, 0.05) is 60.1 Å². The van der Waals surface area contributed by atoms with Crippen LogP contribution in [0.2, 0.25) is 0 Å². The van der Waals surface area contributed by atoms with Crippen molar-refractivity contribution in [3.8, 4) is 56.4 Å². The molecule has 6 nitrogen and oxygen atoms in total. The van der Waals surface area contributed by atoms with Crippen LogP contribution in [0.4, 0.5) is 0 Å². The first kappa shape index (κ1) is 31.5. The van der Waals surface area contributed by atoms with E-state index in [1.165, 1.54) is 0 Å². The van der Waals surface area contributed by atoms with Gasteiger partial charge in [0.15, 0.2) is 17.5 Å². The second kappa shape index (κ2) is 12.3. The second-order valence-corrected chi connectivity index (χ2v) is 14.3. The van der Waals surface area contributed by atoms with E-state index in [1.807, 2.05) is 103 Å². The third-order valence-corrected chi connectivity index (χ3v) is 10.9. The first-order chi connectivity index (χ1) is 28.2. The van der Waals surface area contributed by atoms with E-state index in [0.29, 0.717) is 17.5 Å². The topological polar surface area (TPSA) is 78.1 Å². The summed E-state index contributed by atoms with van der Waals surface area (Å²) >= 11 is 0. The second-order valence-electron chi connectivity index (χ2n) is 14.3. The van der Waals surface area contributed by atoms with Gasteiger partial charge in [-0.2, -0.15) is 0 Å². The molecule has 57 heavy (non-hydrogen) atoms. The van der Waals surface area contributed by atoms with Gasteiger partial charge in [0.2, 0.25) is 0 Å². The van der Waals surface area contributed by atoms with Crippen LogP contribution in [0.25, 0.3) is 122 Å². The molecule has 266 valence electrons. The lowest BCUT2D eigenvalue weighted by Gasteiger charge is -2.09. The first-order valence-corrected chi connectivity index (χ1v) is 18.9. The molecule has 0 aliphatic rings. The summed E-state index contributed by atoms with van der Waals surface area (Å²) in [4.78, 5) is 15.0. The van der Waals surface area contributed by atoms with Crippen molar-refractivity contribution in [1.29, 1.82) is 0 Å². The summed E-state index contributed by atoms with van der Waals surface area (Å²) in [6.45, 7) is 0. The van der Waals surface area contributed by atoms with Crippen molar-refractivity contribution < 1.29 is 13.3 Å². The number of rotatable bonds is 5. The molecule has 0 bridgehead atoms. The van der Waals surface area contributed by atoms with Crippen LogP contribution in [0.5, 0.6) is 0 Å². The fourth-order valence-electron chi connectivity index (χ4n) is 8.27. The number of fused-ring (bicyclic) bond motifs is 9. The number of para-hydroxylation sites is 3. The molecule has 0 atom stereocenters. The highest BCUT2D eigenvalue weighted by molar-refractivity contribution is 6.17. The Morgan fingerprint density at radius 1 is 0.281 bits per heavy atom. The van der Waals surface area contributed by atoms with Gasteiger partial charge in [-0.3, -0.25) is 0 Å². The molecule has 0 saturated carbocycles. The monoisotopic (exact) mass is 731 g/mol. The summed E-state index contributed by atoms with van der Waals surface area (Å²) in [7, 11) is 0. The summed E-state index contributed by atoms with van der Waals surface area (Å²) in [5, 5.41) is 6.19. The Hall–Kier alpha value is -7.83. The van der Waals surface area contributed by atoms with Crippen LogP contribution in [0, 0.1) is 0 Å². The van der Waals surface area contributed by atoms with Gasteiger partial charge in [0.1, 0.15) is 33.5 Å². The molecule has 0 aliphatic carbocycles. The quantitative estimate of drug-likeness (QED) is 0.175. The highest BCUT2D eigenvalue weighted by atomic mass is 16.3. The van der Waals surface area contributed by atoms with Crippen LogP contribution < -0.4 is 0 Å². The number of nitrogens with zero attached hydrogens (tertiary/aromatic N) is 3. The first-order valence-electron chi connectivity index (χ1n) is 18.9. The van der Waals surface area contributed by atoms with Gasteiger partial charge < -0.3 is 13.3 Å². The maximum Gasteiger partial charge on any atom is 0.164 e. The summed E-state index contributed by atoms with van der Waals surface area (Å²) in [5.41, 5.74) is 11.6. The van der Waals surface area contributed by atoms with E-state index in [-0.39, 0.29) is 0 Å².